The van der Waals surface area contributed by atoms with Gasteiger partial charge in [0.25, 0.3) is 0 Å². The molecule has 144 valence electrons. The molecule has 0 aliphatic carbocycles. The van der Waals surface area contributed by atoms with Crippen molar-refractivity contribution in [3.63, 3.8) is 0 Å². The van der Waals surface area contributed by atoms with E-state index in [2.05, 4.69) is 0 Å². The van der Waals surface area contributed by atoms with Gasteiger partial charge in [-0.25, -0.2) is 0 Å². The minimum Gasteiger partial charge on any atom is -0.392 e. The van der Waals surface area contributed by atoms with E-state index in [9.17, 15) is 19.2 Å². The van der Waals surface area contributed by atoms with Crippen LogP contribution >= 0.6 is 0 Å². The molecule has 0 fully saturated rings. The monoisotopic (exact) mass is 356 g/mol. The largest absolute Gasteiger partial charge is 0.392 e. The van der Waals surface area contributed by atoms with Crippen LogP contribution in [-0.4, -0.2) is 23.9 Å². The van der Waals surface area contributed by atoms with Crippen molar-refractivity contribution in [3.05, 3.63) is 0 Å². The molecule has 0 aromatic heterocycles. The molecule has 0 saturated carbocycles. The Balaban J connectivity index is 5.90. The van der Waals surface area contributed by atoms with Crippen LogP contribution in [0, 0.1) is 28.1 Å². The van der Waals surface area contributed by atoms with Crippen LogP contribution in [0.2, 0.25) is 0 Å². The Kier molecular flexibility index (Phi) is 7.14. The fourth-order valence-corrected chi connectivity index (χ4v) is 2.34. The number of ether oxygens (including phenoxy) is 2. The molecule has 0 aromatic rings. The van der Waals surface area contributed by atoms with Gasteiger partial charge in [0, 0.05) is 0 Å². The van der Waals surface area contributed by atoms with Crippen LogP contribution in [0.5, 0.6) is 0 Å². The number of carbonyl (C=O) groups excluding carboxylic acids is 4. The lowest BCUT2D eigenvalue weighted by Gasteiger charge is -2.36. The topological polar surface area (TPSA) is 86.7 Å². The van der Waals surface area contributed by atoms with E-state index in [1.54, 1.807) is 69.2 Å². The SMILES string of the molecule is CC(C)C(C(=O)OC(=O)C(C)(C)C)(C(=O)OC(=O)C(C)(C)C)C(C)C. The molecule has 0 amide bonds. The third-order valence-electron chi connectivity index (χ3n) is 4.09. The van der Waals surface area contributed by atoms with Gasteiger partial charge in [-0.2, -0.15) is 0 Å². The Morgan fingerprint density at radius 3 is 0.960 bits per heavy atom. The standard InChI is InChI=1S/C19H32O6/c1-11(2)19(12(3)4,15(22)24-13(20)17(5,6)7)16(23)25-14(21)18(8,9)10/h11-12H,1-10H3. The predicted octanol–water partition coefficient (Wildman–Crippen LogP) is 3.52. The molecule has 0 unspecified atom stereocenters. The fraction of sp³-hybridized carbons (Fsp3) is 0.789. The van der Waals surface area contributed by atoms with Crippen molar-refractivity contribution in [2.45, 2.75) is 69.2 Å². The summed E-state index contributed by atoms with van der Waals surface area (Å²) in [5.74, 6) is -4.51. The second-order valence-electron chi connectivity index (χ2n) is 9.03. The molecule has 0 spiro atoms. The van der Waals surface area contributed by atoms with Gasteiger partial charge >= 0.3 is 23.9 Å². The van der Waals surface area contributed by atoms with E-state index in [0.29, 0.717) is 0 Å². The van der Waals surface area contributed by atoms with Gasteiger partial charge in [0.05, 0.1) is 10.8 Å². The van der Waals surface area contributed by atoms with Crippen molar-refractivity contribution in [1.29, 1.82) is 0 Å². The van der Waals surface area contributed by atoms with E-state index in [-0.39, 0.29) is 0 Å². The molecule has 0 bridgehead atoms. The first-order chi connectivity index (χ1) is 11.0. The highest BCUT2D eigenvalue weighted by Gasteiger charge is 2.56. The first-order valence-electron chi connectivity index (χ1n) is 8.52. The number of carbonyl (C=O) groups is 4. The van der Waals surface area contributed by atoms with Crippen LogP contribution in [0.4, 0.5) is 0 Å². The summed E-state index contributed by atoms with van der Waals surface area (Å²) in [6, 6.07) is 0. The van der Waals surface area contributed by atoms with Crippen molar-refractivity contribution in [2.75, 3.05) is 0 Å². The Morgan fingerprint density at radius 1 is 0.560 bits per heavy atom. The minimum atomic E-state index is -1.75. The highest BCUT2D eigenvalue weighted by atomic mass is 16.6. The first kappa shape index (κ1) is 23.3. The summed E-state index contributed by atoms with van der Waals surface area (Å²) < 4.78 is 10.0. The van der Waals surface area contributed by atoms with Crippen molar-refractivity contribution in [3.8, 4) is 0 Å². The van der Waals surface area contributed by atoms with E-state index >= 15 is 0 Å². The first-order valence-corrected chi connectivity index (χ1v) is 8.52. The van der Waals surface area contributed by atoms with Crippen LogP contribution in [0.3, 0.4) is 0 Å². The number of esters is 4. The second-order valence-corrected chi connectivity index (χ2v) is 9.03. The summed E-state index contributed by atoms with van der Waals surface area (Å²) in [6.07, 6.45) is 0. The van der Waals surface area contributed by atoms with E-state index in [1.807, 2.05) is 0 Å². The Labute approximate surface area is 150 Å². The third kappa shape index (κ3) is 5.13. The average molecular weight is 356 g/mol. The summed E-state index contributed by atoms with van der Waals surface area (Å²) in [7, 11) is 0. The van der Waals surface area contributed by atoms with E-state index < -0.39 is 52.0 Å². The molecule has 0 heterocycles. The molecule has 0 aliphatic heterocycles. The zero-order chi connectivity index (χ0) is 20.4. The Bertz CT molecular complexity index is 493. The molecule has 0 atom stereocenters. The molecular formula is C19H32O6. The van der Waals surface area contributed by atoms with Crippen LogP contribution in [0.15, 0.2) is 0 Å². The minimum absolute atomic E-state index is 0.534. The van der Waals surface area contributed by atoms with Crippen molar-refractivity contribution < 1.29 is 28.7 Å². The van der Waals surface area contributed by atoms with Crippen molar-refractivity contribution >= 4 is 23.9 Å². The zero-order valence-corrected chi connectivity index (χ0v) is 17.1. The molecular weight excluding hydrogens is 324 g/mol. The van der Waals surface area contributed by atoms with E-state index in [0.717, 1.165) is 0 Å². The van der Waals surface area contributed by atoms with Crippen molar-refractivity contribution in [1.82, 2.24) is 0 Å². The zero-order valence-electron chi connectivity index (χ0n) is 17.1. The highest BCUT2D eigenvalue weighted by Crippen LogP contribution is 2.40. The summed E-state index contributed by atoms with van der Waals surface area (Å²) in [5, 5.41) is 0. The maximum Gasteiger partial charge on any atom is 0.331 e. The molecule has 0 saturated heterocycles. The Morgan fingerprint density at radius 2 is 0.800 bits per heavy atom. The van der Waals surface area contributed by atoms with Gasteiger partial charge in [0.2, 0.25) is 0 Å². The maximum absolute atomic E-state index is 12.8. The van der Waals surface area contributed by atoms with Crippen LogP contribution in [0.1, 0.15) is 69.2 Å². The molecule has 0 rings (SSSR count). The van der Waals surface area contributed by atoms with Gasteiger partial charge in [-0.05, 0) is 53.4 Å². The smallest absolute Gasteiger partial charge is 0.331 e. The van der Waals surface area contributed by atoms with Crippen molar-refractivity contribution in [2.24, 2.45) is 28.1 Å². The lowest BCUT2D eigenvalue weighted by molar-refractivity contribution is -0.189. The Hall–Kier alpha value is -1.72. The van der Waals surface area contributed by atoms with Crippen LogP contribution in [0.25, 0.3) is 0 Å². The molecule has 25 heavy (non-hydrogen) atoms. The molecule has 0 N–H and O–H groups in total. The third-order valence-corrected chi connectivity index (χ3v) is 4.09. The predicted molar refractivity (Wildman–Crippen MR) is 93.2 cm³/mol. The summed E-state index contributed by atoms with van der Waals surface area (Å²) in [4.78, 5) is 49.9. The lowest BCUT2D eigenvalue weighted by atomic mass is 9.68. The van der Waals surface area contributed by atoms with Gasteiger partial charge in [-0.3, -0.25) is 19.2 Å². The lowest BCUT2D eigenvalue weighted by Crippen LogP contribution is -2.52. The normalized spacial score (nSPS) is 13.0. The quantitative estimate of drug-likeness (QED) is 0.566. The number of hydrogen-bond acceptors (Lipinski definition) is 6. The van der Waals surface area contributed by atoms with Gasteiger partial charge in [0.15, 0.2) is 5.41 Å². The van der Waals surface area contributed by atoms with Gasteiger partial charge in [0.1, 0.15) is 0 Å². The summed E-state index contributed by atoms with van der Waals surface area (Å²) >= 11 is 0. The van der Waals surface area contributed by atoms with Crippen LogP contribution in [-0.2, 0) is 28.7 Å². The summed E-state index contributed by atoms with van der Waals surface area (Å²) in [6.45, 7) is 16.3. The number of hydrogen-bond donors (Lipinski definition) is 0. The molecule has 0 radical (unpaired) electrons. The van der Waals surface area contributed by atoms with Crippen LogP contribution < -0.4 is 0 Å². The second kappa shape index (κ2) is 7.67. The fourth-order valence-electron chi connectivity index (χ4n) is 2.34. The molecule has 0 aromatic carbocycles. The summed E-state index contributed by atoms with van der Waals surface area (Å²) in [5.41, 5.74) is -3.55. The highest BCUT2D eigenvalue weighted by molar-refractivity contribution is 6.07. The van der Waals surface area contributed by atoms with Gasteiger partial charge in [-0.1, -0.05) is 27.7 Å². The van der Waals surface area contributed by atoms with E-state index in [1.165, 1.54) is 0 Å². The molecule has 6 heteroatoms. The number of rotatable bonds is 4. The van der Waals surface area contributed by atoms with Gasteiger partial charge < -0.3 is 9.47 Å². The molecule has 0 aliphatic rings. The molecule has 6 nitrogen and oxygen atoms in total. The van der Waals surface area contributed by atoms with Gasteiger partial charge in [-0.15, -0.1) is 0 Å². The average Bonchev–Trinajstić information content (AvgIpc) is 2.35. The maximum atomic E-state index is 12.8. The van der Waals surface area contributed by atoms with E-state index in [4.69, 9.17) is 9.47 Å².